The highest BCUT2D eigenvalue weighted by atomic mass is 79.9. The summed E-state index contributed by atoms with van der Waals surface area (Å²) >= 11 is 10.4. The van der Waals surface area contributed by atoms with Crippen LogP contribution in [0.25, 0.3) is 0 Å². The van der Waals surface area contributed by atoms with Crippen molar-refractivity contribution in [3.63, 3.8) is 0 Å². The van der Waals surface area contributed by atoms with E-state index in [0.29, 0.717) is 5.02 Å². The fraction of sp³-hybridized carbons (Fsp3) is 0.0909. The lowest BCUT2D eigenvalue weighted by Crippen LogP contribution is -2.07. The molecule has 7 heteroatoms. The molecule has 0 aliphatic heterocycles. The maximum Gasteiger partial charge on any atom is 0.185 e. The van der Waals surface area contributed by atoms with Gasteiger partial charge < -0.3 is 5.73 Å². The minimum atomic E-state index is -3.44. The van der Waals surface area contributed by atoms with Crippen LogP contribution in [-0.2, 0) is 15.6 Å². The Morgan fingerprint density at radius 2 is 2.06 bits per heavy atom. The molecule has 1 aromatic carbocycles. The van der Waals surface area contributed by atoms with E-state index in [1.54, 1.807) is 6.07 Å². The van der Waals surface area contributed by atoms with Gasteiger partial charge >= 0.3 is 0 Å². The number of hydrogen-bond acceptors (Lipinski definition) is 4. The highest BCUT2D eigenvalue weighted by Crippen LogP contribution is 2.28. The normalized spacial score (nSPS) is 11.7. The van der Waals surface area contributed by atoms with Crippen LogP contribution < -0.4 is 5.73 Å². The van der Waals surface area contributed by atoms with Crippen molar-refractivity contribution in [1.29, 1.82) is 0 Å². The highest BCUT2D eigenvalue weighted by Gasteiger charge is 2.19. The number of rotatable bonds is 3. The molecule has 0 spiro atoms. The molecule has 2 N–H and O–H groups in total. The van der Waals surface area contributed by atoms with Gasteiger partial charge in [0.15, 0.2) is 9.84 Å². The Balaban J connectivity index is 2.36. The zero-order chi connectivity index (χ0) is 13.3. The Hall–Kier alpha value is -0.560. The lowest BCUT2D eigenvalue weighted by molar-refractivity contribution is 0.596. The third-order valence-electron chi connectivity index (χ3n) is 2.26. The molecule has 1 aromatic heterocycles. The molecule has 18 heavy (non-hydrogen) atoms. The van der Waals surface area contributed by atoms with Crippen LogP contribution in [0.4, 0.5) is 5.69 Å². The van der Waals surface area contributed by atoms with Gasteiger partial charge in [-0.1, -0.05) is 11.6 Å². The van der Waals surface area contributed by atoms with Crippen LogP contribution in [0.2, 0.25) is 5.02 Å². The predicted molar refractivity (Wildman–Crippen MR) is 78.8 cm³/mol. The largest absolute Gasteiger partial charge is 0.398 e. The van der Waals surface area contributed by atoms with Gasteiger partial charge in [-0.3, -0.25) is 0 Å². The Labute approximate surface area is 123 Å². The van der Waals surface area contributed by atoms with Gasteiger partial charge in [-0.15, -0.1) is 11.3 Å². The minimum absolute atomic E-state index is 0.0604. The summed E-state index contributed by atoms with van der Waals surface area (Å²) in [4.78, 5) is 0.882. The maximum atomic E-state index is 12.2. The van der Waals surface area contributed by atoms with E-state index in [0.717, 1.165) is 9.35 Å². The molecule has 0 atom stereocenters. The maximum absolute atomic E-state index is 12.2. The number of thiophene rings is 1. The summed E-state index contributed by atoms with van der Waals surface area (Å²) < 4.78 is 25.3. The summed E-state index contributed by atoms with van der Waals surface area (Å²) in [5, 5.41) is 2.26. The molecule has 0 saturated heterocycles. The van der Waals surface area contributed by atoms with Gasteiger partial charge in [0.2, 0.25) is 0 Å². The Morgan fingerprint density at radius 1 is 1.33 bits per heavy atom. The molecule has 0 unspecified atom stereocenters. The summed E-state index contributed by atoms with van der Waals surface area (Å²) in [7, 11) is -3.44. The van der Waals surface area contributed by atoms with Gasteiger partial charge in [-0.2, -0.15) is 0 Å². The van der Waals surface area contributed by atoms with Crippen molar-refractivity contribution in [2.24, 2.45) is 0 Å². The molecule has 0 saturated carbocycles. The van der Waals surface area contributed by atoms with Crippen molar-refractivity contribution in [1.82, 2.24) is 0 Å². The van der Waals surface area contributed by atoms with Crippen LogP contribution in [-0.4, -0.2) is 8.42 Å². The molecule has 0 radical (unpaired) electrons. The molecule has 0 aliphatic carbocycles. The predicted octanol–water partition coefficient (Wildman–Crippen LogP) is 3.72. The van der Waals surface area contributed by atoms with Crippen molar-refractivity contribution in [2.75, 3.05) is 5.73 Å². The summed E-state index contributed by atoms with van der Waals surface area (Å²) in [5.74, 6) is -0.0604. The van der Waals surface area contributed by atoms with E-state index in [4.69, 9.17) is 17.3 Å². The molecule has 0 aliphatic rings. The van der Waals surface area contributed by atoms with Crippen molar-refractivity contribution >= 4 is 54.4 Å². The van der Waals surface area contributed by atoms with Crippen molar-refractivity contribution < 1.29 is 8.42 Å². The Morgan fingerprint density at radius 3 is 2.61 bits per heavy atom. The molecule has 2 rings (SSSR count). The second kappa shape index (κ2) is 5.21. The fourth-order valence-corrected chi connectivity index (χ4v) is 4.96. The second-order valence-corrected chi connectivity index (χ2v) is 7.98. The smallest absolute Gasteiger partial charge is 0.185 e. The monoisotopic (exact) mass is 365 g/mol. The van der Waals surface area contributed by atoms with E-state index in [-0.39, 0.29) is 16.3 Å². The summed E-state index contributed by atoms with van der Waals surface area (Å²) in [6, 6.07) is 6.19. The molecule has 96 valence electrons. The first kappa shape index (κ1) is 13.9. The Bertz CT molecular complexity index is 682. The van der Waals surface area contributed by atoms with Gasteiger partial charge in [0, 0.05) is 19.8 Å². The topological polar surface area (TPSA) is 60.2 Å². The van der Waals surface area contributed by atoms with Crippen LogP contribution in [0, 0.1) is 0 Å². The van der Waals surface area contributed by atoms with Gasteiger partial charge in [0.05, 0.1) is 16.3 Å². The van der Waals surface area contributed by atoms with E-state index in [2.05, 4.69) is 15.9 Å². The third-order valence-corrected chi connectivity index (χ3v) is 6.11. The lowest BCUT2D eigenvalue weighted by atomic mass is 10.3. The van der Waals surface area contributed by atoms with Crippen molar-refractivity contribution in [3.8, 4) is 0 Å². The lowest BCUT2D eigenvalue weighted by Gasteiger charge is -2.06. The number of anilines is 1. The van der Waals surface area contributed by atoms with Crippen molar-refractivity contribution in [2.45, 2.75) is 10.6 Å². The van der Waals surface area contributed by atoms with Gasteiger partial charge in [0.25, 0.3) is 0 Å². The van der Waals surface area contributed by atoms with E-state index >= 15 is 0 Å². The molecule has 0 fully saturated rings. The van der Waals surface area contributed by atoms with Crippen LogP contribution in [0.1, 0.15) is 4.88 Å². The Kier molecular flexibility index (Phi) is 4.01. The first-order chi connectivity index (χ1) is 8.38. The minimum Gasteiger partial charge on any atom is -0.398 e. The molecule has 0 bridgehead atoms. The molecule has 0 amide bonds. The van der Waals surface area contributed by atoms with Crippen LogP contribution in [0.15, 0.2) is 39.0 Å². The number of nitrogen functional groups attached to an aromatic ring is 1. The number of hydrogen-bond donors (Lipinski definition) is 1. The molecular formula is C11H9BrClNO2S2. The van der Waals surface area contributed by atoms with Crippen molar-refractivity contribution in [3.05, 3.63) is 44.0 Å². The van der Waals surface area contributed by atoms with Crippen LogP contribution >= 0.6 is 38.9 Å². The van der Waals surface area contributed by atoms with E-state index < -0.39 is 9.84 Å². The van der Waals surface area contributed by atoms with E-state index in [9.17, 15) is 8.42 Å². The number of nitrogens with two attached hydrogens (primary N) is 1. The molecular weight excluding hydrogens is 358 g/mol. The summed E-state index contributed by atoms with van der Waals surface area (Å²) in [6.07, 6.45) is 0. The van der Waals surface area contributed by atoms with Crippen LogP contribution in [0.5, 0.6) is 0 Å². The first-order valence-electron chi connectivity index (χ1n) is 4.89. The van der Waals surface area contributed by atoms with Gasteiger partial charge in [-0.05, 0) is 40.2 Å². The van der Waals surface area contributed by atoms with E-state index in [1.165, 1.54) is 29.5 Å². The highest BCUT2D eigenvalue weighted by molar-refractivity contribution is 9.10. The molecule has 2 aromatic rings. The number of benzene rings is 1. The summed E-state index contributed by atoms with van der Waals surface area (Å²) in [5.41, 5.74) is 5.88. The quantitative estimate of drug-likeness (QED) is 0.842. The molecule has 1 heterocycles. The SMILES string of the molecule is Nc1cc(Cl)ccc1S(=O)(=O)Cc1cc(Br)cs1. The van der Waals surface area contributed by atoms with Gasteiger partial charge in [-0.25, -0.2) is 8.42 Å². The average molecular weight is 367 g/mol. The van der Waals surface area contributed by atoms with Gasteiger partial charge in [0.1, 0.15) is 0 Å². The first-order valence-corrected chi connectivity index (χ1v) is 8.59. The number of sulfone groups is 1. The standard InChI is InChI=1S/C11H9BrClNO2S2/c12-7-3-9(17-5-7)6-18(15,16)11-2-1-8(13)4-10(11)14/h1-5H,6,14H2. The third kappa shape index (κ3) is 3.06. The number of halogens is 2. The van der Waals surface area contributed by atoms with E-state index in [1.807, 2.05) is 5.38 Å². The second-order valence-electron chi connectivity index (χ2n) is 3.67. The zero-order valence-corrected chi connectivity index (χ0v) is 13.0. The fourth-order valence-electron chi connectivity index (χ4n) is 1.50. The van der Waals surface area contributed by atoms with Crippen LogP contribution in [0.3, 0.4) is 0 Å². The average Bonchev–Trinajstić information content (AvgIpc) is 2.62. The summed E-state index contributed by atoms with van der Waals surface area (Å²) in [6.45, 7) is 0. The molecule has 3 nitrogen and oxygen atoms in total. The zero-order valence-electron chi connectivity index (χ0n) is 9.06.